The van der Waals surface area contributed by atoms with Crippen LogP contribution < -0.4 is 14.8 Å². The molecule has 1 amide bonds. The van der Waals surface area contributed by atoms with Crippen LogP contribution in [0.5, 0.6) is 11.5 Å². The molecular formula is C18H21NO3. The Bertz CT molecular complexity index is 680. The molecule has 22 heavy (non-hydrogen) atoms. The van der Waals surface area contributed by atoms with Gasteiger partial charge in [-0.05, 0) is 49.2 Å². The largest absolute Gasteiger partial charge is 0.493 e. The van der Waals surface area contributed by atoms with Crippen molar-refractivity contribution in [2.24, 2.45) is 0 Å². The fraction of sp³-hybridized carbons (Fsp3) is 0.278. The van der Waals surface area contributed by atoms with Crippen LogP contribution in [0, 0.1) is 13.8 Å². The number of hydrogen-bond acceptors (Lipinski definition) is 3. The summed E-state index contributed by atoms with van der Waals surface area (Å²) in [6.45, 7) is 4.39. The molecular weight excluding hydrogens is 278 g/mol. The molecule has 0 aliphatic carbocycles. The van der Waals surface area contributed by atoms with E-state index in [4.69, 9.17) is 9.47 Å². The maximum atomic E-state index is 12.2. The van der Waals surface area contributed by atoms with Crippen LogP contribution in [0.15, 0.2) is 36.4 Å². The average molecular weight is 299 g/mol. The van der Waals surface area contributed by atoms with Crippen molar-refractivity contribution in [1.82, 2.24) is 5.32 Å². The van der Waals surface area contributed by atoms with Crippen molar-refractivity contribution in [3.05, 3.63) is 58.7 Å². The predicted octanol–water partition coefficient (Wildman–Crippen LogP) is 3.25. The summed E-state index contributed by atoms with van der Waals surface area (Å²) in [7, 11) is 3.21. The number of rotatable bonds is 5. The lowest BCUT2D eigenvalue weighted by Gasteiger charge is -2.13. The van der Waals surface area contributed by atoms with E-state index in [9.17, 15) is 4.79 Å². The summed E-state index contributed by atoms with van der Waals surface area (Å²) >= 11 is 0. The van der Waals surface area contributed by atoms with Gasteiger partial charge in [-0.2, -0.15) is 0 Å². The zero-order valence-corrected chi connectivity index (χ0v) is 13.4. The van der Waals surface area contributed by atoms with E-state index in [1.54, 1.807) is 14.2 Å². The first-order valence-electron chi connectivity index (χ1n) is 7.11. The predicted molar refractivity (Wildman–Crippen MR) is 86.6 cm³/mol. The van der Waals surface area contributed by atoms with E-state index >= 15 is 0 Å². The molecule has 0 aliphatic rings. The lowest BCUT2D eigenvalue weighted by molar-refractivity contribution is 0.0950. The van der Waals surface area contributed by atoms with Crippen LogP contribution in [0.1, 0.15) is 27.0 Å². The Hall–Kier alpha value is -2.49. The van der Waals surface area contributed by atoms with Crippen molar-refractivity contribution in [2.45, 2.75) is 20.4 Å². The van der Waals surface area contributed by atoms with Crippen LogP contribution in [0.3, 0.4) is 0 Å². The third-order valence-corrected chi connectivity index (χ3v) is 3.56. The molecule has 1 N–H and O–H groups in total. The van der Waals surface area contributed by atoms with Gasteiger partial charge in [0.25, 0.3) is 5.91 Å². The fourth-order valence-electron chi connectivity index (χ4n) is 2.28. The van der Waals surface area contributed by atoms with Crippen molar-refractivity contribution < 1.29 is 14.3 Å². The van der Waals surface area contributed by atoms with Gasteiger partial charge in [-0.3, -0.25) is 4.79 Å². The highest BCUT2D eigenvalue weighted by Gasteiger charge is 2.10. The Morgan fingerprint density at radius 2 is 1.73 bits per heavy atom. The van der Waals surface area contributed by atoms with Crippen LogP contribution in [0.2, 0.25) is 0 Å². The number of benzene rings is 2. The zero-order chi connectivity index (χ0) is 16.1. The smallest absolute Gasteiger partial charge is 0.251 e. The summed E-state index contributed by atoms with van der Waals surface area (Å²) in [4.78, 5) is 12.2. The minimum atomic E-state index is -0.0853. The number of aryl methyl sites for hydroxylation is 2. The SMILES string of the molecule is COc1cc(C)c(CNC(=O)c2cccc(C)c2)cc1OC. The molecule has 2 aromatic carbocycles. The van der Waals surface area contributed by atoms with E-state index < -0.39 is 0 Å². The third kappa shape index (κ3) is 3.58. The maximum Gasteiger partial charge on any atom is 0.251 e. The lowest BCUT2D eigenvalue weighted by atomic mass is 10.1. The molecule has 4 heteroatoms. The molecule has 0 bridgehead atoms. The van der Waals surface area contributed by atoms with Gasteiger partial charge in [-0.15, -0.1) is 0 Å². The van der Waals surface area contributed by atoms with E-state index in [1.165, 1.54) is 0 Å². The van der Waals surface area contributed by atoms with E-state index in [2.05, 4.69) is 5.32 Å². The average Bonchev–Trinajstić information content (AvgIpc) is 2.53. The second-order valence-corrected chi connectivity index (χ2v) is 5.19. The normalized spacial score (nSPS) is 10.2. The van der Waals surface area contributed by atoms with Crippen molar-refractivity contribution in [1.29, 1.82) is 0 Å². The first-order valence-corrected chi connectivity index (χ1v) is 7.11. The Morgan fingerprint density at radius 1 is 1.05 bits per heavy atom. The topological polar surface area (TPSA) is 47.6 Å². The molecule has 2 rings (SSSR count). The molecule has 0 spiro atoms. The molecule has 116 valence electrons. The Labute approximate surface area is 131 Å². The fourth-order valence-corrected chi connectivity index (χ4v) is 2.28. The van der Waals surface area contributed by atoms with Crippen molar-refractivity contribution >= 4 is 5.91 Å². The molecule has 0 aliphatic heterocycles. The molecule has 4 nitrogen and oxygen atoms in total. The zero-order valence-electron chi connectivity index (χ0n) is 13.4. The van der Waals surface area contributed by atoms with E-state index in [0.29, 0.717) is 23.6 Å². The summed E-state index contributed by atoms with van der Waals surface area (Å²) in [5.41, 5.74) is 3.77. The highest BCUT2D eigenvalue weighted by atomic mass is 16.5. The molecule has 0 saturated carbocycles. The van der Waals surface area contributed by atoms with E-state index in [0.717, 1.165) is 16.7 Å². The van der Waals surface area contributed by atoms with E-state index in [-0.39, 0.29) is 5.91 Å². The van der Waals surface area contributed by atoms with Crippen LogP contribution in [0.25, 0.3) is 0 Å². The molecule has 0 heterocycles. The van der Waals surface area contributed by atoms with Gasteiger partial charge in [0.15, 0.2) is 11.5 Å². The van der Waals surface area contributed by atoms with E-state index in [1.807, 2.05) is 50.2 Å². The molecule has 0 saturated heterocycles. The highest BCUT2D eigenvalue weighted by molar-refractivity contribution is 5.94. The summed E-state index contributed by atoms with van der Waals surface area (Å²) < 4.78 is 10.6. The Kier molecular flexibility index (Phi) is 5.04. The maximum absolute atomic E-state index is 12.2. The van der Waals surface area contributed by atoms with Gasteiger partial charge in [0.05, 0.1) is 14.2 Å². The van der Waals surface area contributed by atoms with Crippen molar-refractivity contribution in [3.63, 3.8) is 0 Å². The quantitative estimate of drug-likeness (QED) is 0.922. The summed E-state index contributed by atoms with van der Waals surface area (Å²) in [6, 6.07) is 11.3. The number of methoxy groups -OCH3 is 2. The molecule has 0 aromatic heterocycles. The van der Waals surface area contributed by atoms with Gasteiger partial charge in [-0.1, -0.05) is 17.7 Å². The number of carbonyl (C=O) groups is 1. The van der Waals surface area contributed by atoms with Gasteiger partial charge in [-0.25, -0.2) is 0 Å². The molecule has 0 radical (unpaired) electrons. The van der Waals surface area contributed by atoms with Gasteiger partial charge < -0.3 is 14.8 Å². The monoisotopic (exact) mass is 299 g/mol. The van der Waals surface area contributed by atoms with Gasteiger partial charge in [0.1, 0.15) is 0 Å². The van der Waals surface area contributed by atoms with Crippen LogP contribution >= 0.6 is 0 Å². The van der Waals surface area contributed by atoms with Crippen LogP contribution in [-0.4, -0.2) is 20.1 Å². The van der Waals surface area contributed by atoms with Crippen molar-refractivity contribution in [2.75, 3.05) is 14.2 Å². The summed E-state index contributed by atoms with van der Waals surface area (Å²) in [5.74, 6) is 1.26. The minimum absolute atomic E-state index is 0.0853. The summed E-state index contributed by atoms with van der Waals surface area (Å²) in [5, 5.41) is 2.94. The van der Waals surface area contributed by atoms with Gasteiger partial charge >= 0.3 is 0 Å². The highest BCUT2D eigenvalue weighted by Crippen LogP contribution is 2.30. The summed E-state index contributed by atoms with van der Waals surface area (Å²) in [6.07, 6.45) is 0. The second kappa shape index (κ2) is 6.98. The van der Waals surface area contributed by atoms with Gasteiger partial charge in [0.2, 0.25) is 0 Å². The minimum Gasteiger partial charge on any atom is -0.493 e. The lowest BCUT2D eigenvalue weighted by Crippen LogP contribution is -2.23. The molecule has 0 unspecified atom stereocenters. The Morgan fingerprint density at radius 3 is 2.36 bits per heavy atom. The van der Waals surface area contributed by atoms with Gasteiger partial charge in [0, 0.05) is 12.1 Å². The number of nitrogens with one attached hydrogen (secondary N) is 1. The third-order valence-electron chi connectivity index (χ3n) is 3.56. The first kappa shape index (κ1) is 15.9. The Balaban J connectivity index is 2.13. The molecule has 0 atom stereocenters. The number of ether oxygens (including phenoxy) is 2. The number of amides is 1. The second-order valence-electron chi connectivity index (χ2n) is 5.19. The first-order chi connectivity index (χ1) is 10.5. The van der Waals surface area contributed by atoms with Crippen LogP contribution in [-0.2, 0) is 6.54 Å². The standard InChI is InChI=1S/C18H21NO3/c1-12-6-5-7-14(8-12)18(20)19-11-15-10-17(22-4)16(21-3)9-13(15)2/h5-10H,11H2,1-4H3,(H,19,20). The number of carbonyl (C=O) groups excluding carboxylic acids is 1. The van der Waals surface area contributed by atoms with Crippen molar-refractivity contribution in [3.8, 4) is 11.5 Å². The molecule has 0 fully saturated rings. The molecule has 2 aromatic rings. The van der Waals surface area contributed by atoms with Crippen LogP contribution in [0.4, 0.5) is 0 Å². The number of hydrogen-bond donors (Lipinski definition) is 1.